The van der Waals surface area contributed by atoms with Crippen molar-refractivity contribution in [2.45, 2.75) is 62.5 Å². The van der Waals surface area contributed by atoms with Crippen LogP contribution in [-0.2, 0) is 9.84 Å². The molecule has 0 aliphatic carbocycles. The number of nitrogens with zero attached hydrogens (tertiary/aromatic N) is 1. The van der Waals surface area contributed by atoms with Gasteiger partial charge in [-0.25, -0.2) is 8.42 Å². The van der Waals surface area contributed by atoms with Crippen LogP contribution in [0, 0.1) is 5.92 Å². The zero-order chi connectivity index (χ0) is 16.9. The Morgan fingerprint density at radius 3 is 2.57 bits per heavy atom. The second-order valence-corrected chi connectivity index (χ2v) is 9.98. The maximum Gasteiger partial charge on any atom is 0.183 e. The first kappa shape index (κ1) is 18.5. The lowest BCUT2D eigenvalue weighted by molar-refractivity contribution is 0.168. The Balaban J connectivity index is 1.91. The molecule has 1 atom stereocenters. The Bertz CT molecular complexity index is 581. The van der Waals surface area contributed by atoms with Crippen LogP contribution in [-0.4, -0.2) is 37.7 Å². The number of benzene rings is 1. The Morgan fingerprint density at radius 1 is 1.22 bits per heavy atom. The van der Waals surface area contributed by atoms with Crippen LogP contribution in [0.3, 0.4) is 0 Å². The van der Waals surface area contributed by atoms with Crippen LogP contribution >= 0.6 is 0 Å². The summed E-state index contributed by atoms with van der Waals surface area (Å²) in [6, 6.07) is 8.84. The first-order valence-corrected chi connectivity index (χ1v) is 10.4. The van der Waals surface area contributed by atoms with Gasteiger partial charge >= 0.3 is 0 Å². The van der Waals surface area contributed by atoms with E-state index in [1.807, 2.05) is 19.9 Å². The molecule has 4 heteroatoms. The van der Waals surface area contributed by atoms with Gasteiger partial charge in [-0.15, -0.1) is 0 Å². The molecule has 0 amide bonds. The third-order valence-corrected chi connectivity index (χ3v) is 7.77. The normalized spacial score (nSPS) is 20.6. The number of hydrogen-bond acceptors (Lipinski definition) is 3. The van der Waals surface area contributed by atoms with E-state index in [-0.39, 0.29) is 0 Å². The lowest BCUT2D eigenvalue weighted by Crippen LogP contribution is -2.37. The average molecular weight is 338 g/mol. The average Bonchev–Trinajstić information content (AvgIpc) is 2.55. The van der Waals surface area contributed by atoms with E-state index < -0.39 is 14.6 Å². The van der Waals surface area contributed by atoms with Crippen molar-refractivity contribution in [3.8, 4) is 0 Å². The highest BCUT2D eigenvalue weighted by Crippen LogP contribution is 2.30. The summed E-state index contributed by atoms with van der Waals surface area (Å²) in [5.41, 5.74) is 0. The highest BCUT2D eigenvalue weighted by molar-refractivity contribution is 7.92. The van der Waals surface area contributed by atoms with Crippen LogP contribution in [0.2, 0.25) is 0 Å². The first-order valence-electron chi connectivity index (χ1n) is 8.89. The molecule has 1 aromatic rings. The lowest BCUT2D eigenvalue weighted by Gasteiger charge is -2.33. The molecule has 0 N–H and O–H groups in total. The summed E-state index contributed by atoms with van der Waals surface area (Å²) in [4.78, 5) is 2.96. The summed E-state index contributed by atoms with van der Waals surface area (Å²) >= 11 is 0. The van der Waals surface area contributed by atoms with Crippen molar-refractivity contribution in [1.29, 1.82) is 0 Å². The van der Waals surface area contributed by atoms with Crippen molar-refractivity contribution < 1.29 is 8.42 Å². The van der Waals surface area contributed by atoms with Gasteiger partial charge in [0.1, 0.15) is 0 Å². The van der Waals surface area contributed by atoms with Gasteiger partial charge in [0.05, 0.1) is 9.64 Å². The van der Waals surface area contributed by atoms with Crippen molar-refractivity contribution >= 4 is 9.84 Å². The van der Waals surface area contributed by atoms with Crippen LogP contribution in [0.5, 0.6) is 0 Å². The molecule has 1 fully saturated rings. The minimum Gasteiger partial charge on any atom is -0.303 e. The molecular formula is C19H31NO2S. The monoisotopic (exact) mass is 337 g/mol. The SMILES string of the molecule is CCC1CCCN(CCCC(C)(C)S(=O)(=O)c2ccccc2)C1. The molecule has 0 aromatic heterocycles. The number of piperidine rings is 1. The molecule has 2 rings (SSSR count). The molecule has 1 aliphatic rings. The topological polar surface area (TPSA) is 37.4 Å². The lowest BCUT2D eigenvalue weighted by atomic mass is 9.95. The van der Waals surface area contributed by atoms with Gasteiger partial charge in [0.2, 0.25) is 0 Å². The molecule has 0 bridgehead atoms. The minimum absolute atomic E-state index is 0.439. The van der Waals surface area contributed by atoms with E-state index >= 15 is 0 Å². The van der Waals surface area contributed by atoms with Crippen molar-refractivity contribution in [2.24, 2.45) is 5.92 Å². The second-order valence-electron chi connectivity index (χ2n) is 7.40. The summed E-state index contributed by atoms with van der Waals surface area (Å²) in [6.07, 6.45) is 5.53. The Morgan fingerprint density at radius 2 is 1.91 bits per heavy atom. The summed E-state index contributed by atoms with van der Waals surface area (Å²) in [5.74, 6) is 0.824. The molecule has 1 heterocycles. The third-order valence-electron chi connectivity index (χ3n) is 5.21. The number of hydrogen-bond donors (Lipinski definition) is 0. The minimum atomic E-state index is -3.28. The first-order chi connectivity index (χ1) is 10.9. The number of sulfone groups is 1. The van der Waals surface area contributed by atoms with Crippen LogP contribution in [0.4, 0.5) is 0 Å². The van der Waals surface area contributed by atoms with E-state index in [9.17, 15) is 8.42 Å². The van der Waals surface area contributed by atoms with Gasteiger partial charge in [-0.1, -0.05) is 31.5 Å². The van der Waals surface area contributed by atoms with Crippen LogP contribution < -0.4 is 0 Å². The molecule has 1 aromatic carbocycles. The van der Waals surface area contributed by atoms with E-state index in [1.165, 1.54) is 32.4 Å². The highest BCUT2D eigenvalue weighted by Gasteiger charge is 2.35. The van der Waals surface area contributed by atoms with E-state index in [0.29, 0.717) is 11.3 Å². The largest absolute Gasteiger partial charge is 0.303 e. The molecule has 1 aliphatic heterocycles. The molecule has 0 saturated carbocycles. The molecule has 23 heavy (non-hydrogen) atoms. The molecule has 0 radical (unpaired) electrons. The molecule has 1 saturated heterocycles. The molecule has 0 spiro atoms. The van der Waals surface area contributed by atoms with Gasteiger partial charge < -0.3 is 4.90 Å². The fourth-order valence-electron chi connectivity index (χ4n) is 3.47. The van der Waals surface area contributed by atoms with Gasteiger partial charge in [-0.3, -0.25) is 0 Å². The van der Waals surface area contributed by atoms with Gasteiger partial charge in [-0.05, 0) is 70.7 Å². The quantitative estimate of drug-likeness (QED) is 0.750. The summed E-state index contributed by atoms with van der Waals surface area (Å²) < 4.78 is 24.9. The second kappa shape index (κ2) is 7.80. The third kappa shape index (κ3) is 4.57. The van der Waals surface area contributed by atoms with Crippen molar-refractivity contribution in [3.63, 3.8) is 0 Å². The predicted molar refractivity (Wildman–Crippen MR) is 96.4 cm³/mol. The molecule has 1 unspecified atom stereocenters. The van der Waals surface area contributed by atoms with E-state index in [0.717, 1.165) is 18.9 Å². The smallest absolute Gasteiger partial charge is 0.183 e. The maximum atomic E-state index is 12.8. The van der Waals surface area contributed by atoms with Crippen molar-refractivity contribution in [2.75, 3.05) is 19.6 Å². The summed E-state index contributed by atoms with van der Waals surface area (Å²) in [6.45, 7) is 9.36. The van der Waals surface area contributed by atoms with E-state index in [4.69, 9.17) is 0 Å². The Kier molecular flexibility index (Phi) is 6.26. The summed E-state index contributed by atoms with van der Waals surface area (Å²) in [7, 11) is -3.28. The zero-order valence-corrected chi connectivity index (χ0v) is 15.6. The zero-order valence-electron chi connectivity index (χ0n) is 14.8. The highest BCUT2D eigenvalue weighted by atomic mass is 32.2. The van der Waals surface area contributed by atoms with Crippen LogP contribution in [0.1, 0.15) is 52.9 Å². The molecule has 130 valence electrons. The number of likely N-dealkylation sites (tertiary alicyclic amines) is 1. The van der Waals surface area contributed by atoms with Gasteiger partial charge in [-0.2, -0.15) is 0 Å². The van der Waals surface area contributed by atoms with Gasteiger partial charge in [0, 0.05) is 6.54 Å². The fourth-order valence-corrected chi connectivity index (χ4v) is 5.04. The van der Waals surface area contributed by atoms with Crippen LogP contribution in [0.15, 0.2) is 35.2 Å². The predicted octanol–water partition coefficient (Wildman–Crippen LogP) is 4.14. The van der Waals surface area contributed by atoms with Gasteiger partial charge in [0.15, 0.2) is 9.84 Å². The van der Waals surface area contributed by atoms with Crippen LogP contribution in [0.25, 0.3) is 0 Å². The van der Waals surface area contributed by atoms with Crippen molar-refractivity contribution in [1.82, 2.24) is 4.90 Å². The van der Waals surface area contributed by atoms with Gasteiger partial charge in [0.25, 0.3) is 0 Å². The number of rotatable bonds is 7. The maximum absolute atomic E-state index is 12.8. The standard InChI is InChI=1S/C19H31NO2S/c1-4-17-10-8-14-20(16-17)15-9-13-19(2,3)23(21,22)18-11-6-5-7-12-18/h5-7,11-12,17H,4,8-10,13-16H2,1-3H3. The summed E-state index contributed by atoms with van der Waals surface area (Å²) in [5, 5.41) is 0. The van der Waals surface area contributed by atoms with E-state index in [2.05, 4.69) is 11.8 Å². The Hall–Kier alpha value is -0.870. The molecule has 3 nitrogen and oxygen atoms in total. The Labute approximate surface area is 142 Å². The molecular weight excluding hydrogens is 306 g/mol. The van der Waals surface area contributed by atoms with Crippen molar-refractivity contribution in [3.05, 3.63) is 30.3 Å². The van der Waals surface area contributed by atoms with E-state index in [1.54, 1.807) is 24.3 Å². The fraction of sp³-hybridized carbons (Fsp3) is 0.684.